The predicted molar refractivity (Wildman–Crippen MR) is 95.7 cm³/mol. The molecule has 0 radical (unpaired) electrons. The van der Waals surface area contributed by atoms with Crippen molar-refractivity contribution in [1.82, 2.24) is 4.57 Å². The average molecular weight is 324 g/mol. The number of thiazole rings is 1. The SMILES string of the molecule is Cc1ccc(CC(=O)N=c2sc3cc(C)ccc3n2C)c(C)c1. The molecule has 0 N–H and O–H groups in total. The van der Waals surface area contributed by atoms with Gasteiger partial charge in [-0.15, -0.1) is 0 Å². The maximum absolute atomic E-state index is 12.3. The molecule has 118 valence electrons. The van der Waals surface area contributed by atoms with Gasteiger partial charge in [0.25, 0.3) is 5.91 Å². The lowest BCUT2D eigenvalue weighted by molar-refractivity contribution is -0.117. The van der Waals surface area contributed by atoms with Gasteiger partial charge in [0.05, 0.1) is 16.6 Å². The second-order valence-corrected chi connectivity index (χ2v) is 7.04. The normalized spacial score (nSPS) is 12.1. The van der Waals surface area contributed by atoms with Crippen molar-refractivity contribution < 1.29 is 4.79 Å². The number of hydrogen-bond acceptors (Lipinski definition) is 2. The molecular weight excluding hydrogens is 304 g/mol. The Morgan fingerprint density at radius 1 is 1.09 bits per heavy atom. The van der Waals surface area contributed by atoms with Gasteiger partial charge in [0.15, 0.2) is 4.80 Å². The van der Waals surface area contributed by atoms with Crippen LogP contribution in [0.5, 0.6) is 0 Å². The summed E-state index contributed by atoms with van der Waals surface area (Å²) in [5.41, 5.74) is 5.72. The van der Waals surface area contributed by atoms with Crippen LogP contribution >= 0.6 is 11.3 Å². The summed E-state index contributed by atoms with van der Waals surface area (Å²) in [5, 5.41) is 0. The smallest absolute Gasteiger partial charge is 0.252 e. The Hall–Kier alpha value is -2.20. The highest BCUT2D eigenvalue weighted by atomic mass is 32.1. The fourth-order valence-electron chi connectivity index (χ4n) is 2.70. The van der Waals surface area contributed by atoms with Gasteiger partial charge in [-0.25, -0.2) is 0 Å². The number of fused-ring (bicyclic) bond motifs is 1. The number of carbonyl (C=O) groups is 1. The van der Waals surface area contributed by atoms with Crippen molar-refractivity contribution in [2.24, 2.45) is 12.0 Å². The van der Waals surface area contributed by atoms with Crippen molar-refractivity contribution >= 4 is 27.5 Å². The van der Waals surface area contributed by atoms with Crippen molar-refractivity contribution in [1.29, 1.82) is 0 Å². The van der Waals surface area contributed by atoms with Crippen LogP contribution in [-0.4, -0.2) is 10.5 Å². The van der Waals surface area contributed by atoms with Gasteiger partial charge < -0.3 is 4.57 Å². The van der Waals surface area contributed by atoms with Gasteiger partial charge in [0, 0.05) is 7.05 Å². The first-order valence-corrected chi connectivity index (χ1v) is 8.45. The third-order valence-electron chi connectivity index (χ3n) is 4.02. The first-order chi connectivity index (χ1) is 10.9. The minimum Gasteiger partial charge on any atom is -0.319 e. The number of aryl methyl sites for hydroxylation is 4. The standard InChI is InChI=1S/C19H20N2OS/c1-12-5-7-15(14(3)9-12)11-18(22)20-19-21(4)16-8-6-13(2)10-17(16)23-19/h5-10H,11H2,1-4H3. The zero-order valence-corrected chi connectivity index (χ0v) is 14.7. The lowest BCUT2D eigenvalue weighted by Gasteiger charge is -2.04. The first kappa shape index (κ1) is 15.7. The minimum atomic E-state index is -0.101. The van der Waals surface area contributed by atoms with E-state index in [1.165, 1.54) is 11.1 Å². The van der Waals surface area contributed by atoms with E-state index in [1.807, 2.05) is 30.7 Å². The molecule has 0 spiro atoms. The molecule has 0 aliphatic carbocycles. The van der Waals surface area contributed by atoms with E-state index in [2.05, 4.69) is 43.1 Å². The molecule has 0 saturated heterocycles. The second-order valence-electron chi connectivity index (χ2n) is 6.03. The lowest BCUT2D eigenvalue weighted by Crippen LogP contribution is -2.14. The predicted octanol–water partition coefficient (Wildman–Crippen LogP) is 3.84. The fraction of sp³-hybridized carbons (Fsp3) is 0.263. The molecule has 0 bridgehead atoms. The van der Waals surface area contributed by atoms with Crippen LogP contribution in [-0.2, 0) is 18.3 Å². The zero-order valence-electron chi connectivity index (χ0n) is 13.9. The molecular formula is C19H20N2OS. The van der Waals surface area contributed by atoms with E-state index in [0.717, 1.165) is 26.1 Å². The van der Waals surface area contributed by atoms with Gasteiger partial charge in [-0.1, -0.05) is 41.2 Å². The average Bonchev–Trinajstić information content (AvgIpc) is 2.77. The Labute approximate surface area is 139 Å². The molecule has 0 unspecified atom stereocenters. The van der Waals surface area contributed by atoms with Gasteiger partial charge in [0.1, 0.15) is 0 Å². The number of nitrogens with zero attached hydrogens (tertiary/aromatic N) is 2. The largest absolute Gasteiger partial charge is 0.319 e. The second kappa shape index (κ2) is 6.13. The van der Waals surface area contributed by atoms with E-state index < -0.39 is 0 Å². The summed E-state index contributed by atoms with van der Waals surface area (Å²) < 4.78 is 3.14. The minimum absolute atomic E-state index is 0.101. The van der Waals surface area contributed by atoms with Crippen LogP contribution in [0.15, 0.2) is 41.4 Å². The van der Waals surface area contributed by atoms with Gasteiger partial charge in [-0.2, -0.15) is 4.99 Å². The highest BCUT2D eigenvalue weighted by Crippen LogP contribution is 2.18. The van der Waals surface area contributed by atoms with Crippen molar-refractivity contribution in [3.63, 3.8) is 0 Å². The summed E-state index contributed by atoms with van der Waals surface area (Å²) in [7, 11) is 1.96. The molecule has 2 aromatic carbocycles. The van der Waals surface area contributed by atoms with E-state index >= 15 is 0 Å². The fourth-order valence-corrected chi connectivity index (χ4v) is 3.83. The van der Waals surface area contributed by atoms with Crippen molar-refractivity contribution in [2.45, 2.75) is 27.2 Å². The highest BCUT2D eigenvalue weighted by molar-refractivity contribution is 7.16. The molecule has 1 aromatic heterocycles. The number of carbonyl (C=O) groups excluding carboxylic acids is 1. The maximum atomic E-state index is 12.3. The Morgan fingerprint density at radius 3 is 2.52 bits per heavy atom. The third-order valence-corrected chi connectivity index (χ3v) is 5.12. The van der Waals surface area contributed by atoms with Gasteiger partial charge in [-0.05, 0) is 49.6 Å². The third kappa shape index (κ3) is 3.27. The van der Waals surface area contributed by atoms with E-state index in [4.69, 9.17) is 0 Å². The number of amides is 1. The summed E-state index contributed by atoms with van der Waals surface area (Å²) >= 11 is 1.56. The molecule has 1 heterocycles. The van der Waals surface area contributed by atoms with E-state index in [9.17, 15) is 4.79 Å². The van der Waals surface area contributed by atoms with Crippen LogP contribution in [0.2, 0.25) is 0 Å². The summed E-state index contributed by atoms with van der Waals surface area (Å²) in [5.74, 6) is -0.101. The van der Waals surface area contributed by atoms with E-state index in [0.29, 0.717) is 6.42 Å². The summed E-state index contributed by atoms with van der Waals surface area (Å²) in [6.07, 6.45) is 0.347. The molecule has 4 heteroatoms. The van der Waals surface area contributed by atoms with E-state index in [-0.39, 0.29) is 5.91 Å². The van der Waals surface area contributed by atoms with E-state index in [1.54, 1.807) is 11.3 Å². The maximum Gasteiger partial charge on any atom is 0.252 e. The Bertz CT molecular complexity index is 963. The van der Waals surface area contributed by atoms with Gasteiger partial charge in [0.2, 0.25) is 0 Å². The quantitative estimate of drug-likeness (QED) is 0.705. The molecule has 3 aromatic rings. The lowest BCUT2D eigenvalue weighted by atomic mass is 10.0. The molecule has 0 atom stereocenters. The molecule has 23 heavy (non-hydrogen) atoms. The van der Waals surface area contributed by atoms with Crippen LogP contribution in [0.1, 0.15) is 22.3 Å². The van der Waals surface area contributed by atoms with Crippen molar-refractivity contribution in [3.05, 3.63) is 63.5 Å². The van der Waals surface area contributed by atoms with Gasteiger partial charge in [-0.3, -0.25) is 4.79 Å². The molecule has 0 aliphatic rings. The number of benzene rings is 2. The topological polar surface area (TPSA) is 34.4 Å². The summed E-state index contributed by atoms with van der Waals surface area (Å²) in [6.45, 7) is 6.17. The van der Waals surface area contributed by atoms with Crippen LogP contribution < -0.4 is 4.80 Å². The monoisotopic (exact) mass is 324 g/mol. The number of hydrogen-bond donors (Lipinski definition) is 0. The summed E-state index contributed by atoms with van der Waals surface area (Å²) in [4.78, 5) is 17.4. The van der Waals surface area contributed by atoms with Crippen LogP contribution in [0.3, 0.4) is 0 Å². The Morgan fingerprint density at radius 2 is 1.78 bits per heavy atom. The van der Waals surface area contributed by atoms with Crippen molar-refractivity contribution in [3.8, 4) is 0 Å². The number of rotatable bonds is 2. The summed E-state index contributed by atoms with van der Waals surface area (Å²) in [6, 6.07) is 12.5. The van der Waals surface area contributed by atoms with Gasteiger partial charge >= 0.3 is 0 Å². The molecule has 3 rings (SSSR count). The Balaban J connectivity index is 1.94. The zero-order chi connectivity index (χ0) is 16.6. The Kier molecular flexibility index (Phi) is 4.18. The molecule has 0 aliphatic heterocycles. The van der Waals surface area contributed by atoms with Crippen LogP contribution in [0.4, 0.5) is 0 Å². The number of aromatic nitrogens is 1. The molecule has 3 nitrogen and oxygen atoms in total. The molecule has 0 saturated carbocycles. The highest BCUT2D eigenvalue weighted by Gasteiger charge is 2.08. The first-order valence-electron chi connectivity index (χ1n) is 7.64. The molecule has 0 fully saturated rings. The molecule has 1 amide bonds. The van der Waals surface area contributed by atoms with Crippen LogP contribution in [0.25, 0.3) is 10.2 Å². The van der Waals surface area contributed by atoms with Crippen molar-refractivity contribution in [2.75, 3.05) is 0 Å². The van der Waals surface area contributed by atoms with Crippen LogP contribution in [0, 0.1) is 20.8 Å².